The van der Waals surface area contributed by atoms with Gasteiger partial charge in [-0.25, -0.2) is 4.79 Å². The summed E-state index contributed by atoms with van der Waals surface area (Å²) in [6.07, 6.45) is 2.76. The van der Waals surface area contributed by atoms with Gasteiger partial charge in [-0.05, 0) is 46.1 Å². The average Bonchev–Trinajstić information content (AvgIpc) is 2.46. The van der Waals surface area contributed by atoms with Gasteiger partial charge in [0.1, 0.15) is 0 Å². The summed E-state index contributed by atoms with van der Waals surface area (Å²) in [5.41, 5.74) is 1.22. The summed E-state index contributed by atoms with van der Waals surface area (Å²) in [7, 11) is 0. The molecule has 1 aromatic carbocycles. The Labute approximate surface area is 138 Å². The predicted octanol–water partition coefficient (Wildman–Crippen LogP) is 4.22. The van der Waals surface area contributed by atoms with Crippen LogP contribution in [0.25, 0.3) is 0 Å². The molecule has 0 bridgehead atoms. The SMILES string of the molecule is CC1=CC(N(C(=O)O)C(C)c2ccccc2)C(C(C)(C)O)CC1. The second-order valence-corrected chi connectivity index (χ2v) is 7.08. The molecule has 3 atom stereocenters. The number of aliphatic hydroxyl groups is 1. The van der Waals surface area contributed by atoms with Gasteiger partial charge in [0.2, 0.25) is 0 Å². The predicted molar refractivity (Wildman–Crippen MR) is 91.3 cm³/mol. The van der Waals surface area contributed by atoms with Crippen molar-refractivity contribution in [3.8, 4) is 0 Å². The second kappa shape index (κ2) is 6.75. The van der Waals surface area contributed by atoms with Crippen LogP contribution in [0.4, 0.5) is 4.79 Å². The first-order chi connectivity index (χ1) is 10.7. The van der Waals surface area contributed by atoms with Crippen LogP contribution >= 0.6 is 0 Å². The minimum Gasteiger partial charge on any atom is -0.465 e. The molecule has 2 rings (SSSR count). The molecular weight excluding hydrogens is 290 g/mol. The maximum atomic E-state index is 12.0. The van der Waals surface area contributed by atoms with Crippen molar-refractivity contribution in [2.45, 2.75) is 58.2 Å². The van der Waals surface area contributed by atoms with E-state index < -0.39 is 11.7 Å². The third kappa shape index (κ3) is 3.94. The summed E-state index contributed by atoms with van der Waals surface area (Å²) in [6.45, 7) is 7.47. The molecule has 0 heterocycles. The number of carbonyl (C=O) groups is 1. The minimum atomic E-state index is -0.952. The molecule has 126 valence electrons. The van der Waals surface area contributed by atoms with Crippen LogP contribution in [0.1, 0.15) is 52.1 Å². The van der Waals surface area contributed by atoms with Gasteiger partial charge in [0.05, 0.1) is 17.7 Å². The molecule has 1 amide bonds. The Balaban J connectivity index is 2.42. The van der Waals surface area contributed by atoms with Crippen LogP contribution in [-0.2, 0) is 0 Å². The van der Waals surface area contributed by atoms with Crippen molar-refractivity contribution in [3.05, 3.63) is 47.5 Å². The fourth-order valence-corrected chi connectivity index (χ4v) is 3.53. The Hall–Kier alpha value is -1.81. The van der Waals surface area contributed by atoms with E-state index in [0.29, 0.717) is 0 Å². The van der Waals surface area contributed by atoms with Gasteiger partial charge in [-0.1, -0.05) is 42.0 Å². The van der Waals surface area contributed by atoms with Crippen LogP contribution in [0.5, 0.6) is 0 Å². The molecule has 23 heavy (non-hydrogen) atoms. The maximum absolute atomic E-state index is 12.0. The molecule has 1 aliphatic rings. The zero-order chi connectivity index (χ0) is 17.2. The molecule has 1 aliphatic carbocycles. The largest absolute Gasteiger partial charge is 0.465 e. The van der Waals surface area contributed by atoms with E-state index in [-0.39, 0.29) is 18.0 Å². The quantitative estimate of drug-likeness (QED) is 0.817. The standard InChI is InChI=1S/C19H27NO3/c1-13-10-11-16(19(3,4)23)17(12-13)20(18(21)22)14(2)15-8-6-5-7-9-15/h5-9,12,14,16-17,23H,10-11H2,1-4H3,(H,21,22). The Kier molecular flexibility index (Phi) is 5.15. The van der Waals surface area contributed by atoms with Gasteiger partial charge in [0.15, 0.2) is 0 Å². The van der Waals surface area contributed by atoms with Crippen LogP contribution in [0.15, 0.2) is 42.0 Å². The number of nitrogens with zero attached hydrogens (tertiary/aromatic N) is 1. The molecule has 2 N–H and O–H groups in total. The lowest BCUT2D eigenvalue weighted by atomic mass is 9.75. The fourth-order valence-electron chi connectivity index (χ4n) is 3.53. The van der Waals surface area contributed by atoms with Crippen molar-refractivity contribution in [1.29, 1.82) is 0 Å². The fraction of sp³-hybridized carbons (Fsp3) is 0.526. The zero-order valence-corrected chi connectivity index (χ0v) is 14.4. The van der Waals surface area contributed by atoms with E-state index in [4.69, 9.17) is 0 Å². The van der Waals surface area contributed by atoms with Gasteiger partial charge in [-0.3, -0.25) is 4.90 Å². The Morgan fingerprint density at radius 3 is 2.43 bits per heavy atom. The molecule has 3 unspecified atom stereocenters. The van der Waals surface area contributed by atoms with Gasteiger partial charge in [0.25, 0.3) is 0 Å². The third-order valence-electron chi connectivity index (χ3n) is 4.87. The maximum Gasteiger partial charge on any atom is 0.408 e. The lowest BCUT2D eigenvalue weighted by Gasteiger charge is -2.44. The van der Waals surface area contributed by atoms with Crippen molar-refractivity contribution in [2.24, 2.45) is 5.92 Å². The lowest BCUT2D eigenvalue weighted by molar-refractivity contribution is -0.0265. The number of carboxylic acid groups (broad SMARTS) is 1. The van der Waals surface area contributed by atoms with Crippen LogP contribution in [0.2, 0.25) is 0 Å². The van der Waals surface area contributed by atoms with E-state index in [1.54, 1.807) is 13.8 Å². The number of benzene rings is 1. The van der Waals surface area contributed by atoms with Crippen LogP contribution in [0.3, 0.4) is 0 Å². The number of hydrogen-bond acceptors (Lipinski definition) is 2. The van der Waals surface area contributed by atoms with Gasteiger partial charge in [0, 0.05) is 5.92 Å². The smallest absolute Gasteiger partial charge is 0.408 e. The van der Waals surface area contributed by atoms with Gasteiger partial charge >= 0.3 is 6.09 Å². The van der Waals surface area contributed by atoms with Crippen LogP contribution in [0, 0.1) is 5.92 Å². The minimum absolute atomic E-state index is 0.117. The molecule has 0 fully saturated rings. The number of allylic oxidation sites excluding steroid dienone is 1. The lowest BCUT2D eigenvalue weighted by Crippen LogP contribution is -2.51. The monoisotopic (exact) mass is 317 g/mol. The van der Waals surface area contributed by atoms with Crippen molar-refractivity contribution in [1.82, 2.24) is 4.90 Å². The molecule has 0 saturated heterocycles. The highest BCUT2D eigenvalue weighted by molar-refractivity contribution is 5.67. The first kappa shape index (κ1) is 17.5. The summed E-state index contributed by atoms with van der Waals surface area (Å²) < 4.78 is 0. The third-order valence-corrected chi connectivity index (χ3v) is 4.87. The molecule has 0 spiro atoms. The summed E-state index contributed by atoms with van der Waals surface area (Å²) >= 11 is 0. The summed E-state index contributed by atoms with van der Waals surface area (Å²) in [6, 6.07) is 9.05. The molecule has 4 heteroatoms. The van der Waals surface area contributed by atoms with E-state index in [9.17, 15) is 15.0 Å². The molecular formula is C19H27NO3. The Bertz CT molecular complexity index is 574. The Morgan fingerprint density at radius 1 is 1.30 bits per heavy atom. The zero-order valence-electron chi connectivity index (χ0n) is 14.4. The highest BCUT2D eigenvalue weighted by Gasteiger charge is 2.41. The molecule has 0 saturated carbocycles. The van der Waals surface area contributed by atoms with Crippen LogP contribution < -0.4 is 0 Å². The number of rotatable bonds is 4. The highest BCUT2D eigenvalue weighted by atomic mass is 16.4. The van der Waals surface area contributed by atoms with Crippen LogP contribution in [-0.4, -0.2) is 32.8 Å². The van der Waals surface area contributed by atoms with Gasteiger partial charge < -0.3 is 10.2 Å². The van der Waals surface area contributed by atoms with Crippen molar-refractivity contribution >= 4 is 6.09 Å². The number of amides is 1. The van der Waals surface area contributed by atoms with E-state index in [2.05, 4.69) is 0 Å². The van der Waals surface area contributed by atoms with E-state index in [1.807, 2.05) is 50.3 Å². The second-order valence-electron chi connectivity index (χ2n) is 7.08. The van der Waals surface area contributed by atoms with E-state index in [1.165, 1.54) is 10.5 Å². The summed E-state index contributed by atoms with van der Waals surface area (Å²) in [4.78, 5) is 13.5. The summed E-state index contributed by atoms with van der Waals surface area (Å²) in [5, 5.41) is 20.4. The number of hydrogen-bond donors (Lipinski definition) is 2. The molecule has 0 aromatic heterocycles. The van der Waals surface area contributed by atoms with Gasteiger partial charge in [-0.15, -0.1) is 0 Å². The van der Waals surface area contributed by atoms with E-state index in [0.717, 1.165) is 18.4 Å². The molecule has 0 radical (unpaired) electrons. The normalized spacial score (nSPS) is 23.1. The molecule has 0 aliphatic heterocycles. The van der Waals surface area contributed by atoms with Crippen molar-refractivity contribution in [3.63, 3.8) is 0 Å². The van der Waals surface area contributed by atoms with Crippen molar-refractivity contribution < 1.29 is 15.0 Å². The van der Waals surface area contributed by atoms with E-state index >= 15 is 0 Å². The molecule has 1 aromatic rings. The first-order valence-corrected chi connectivity index (χ1v) is 8.17. The van der Waals surface area contributed by atoms with Crippen molar-refractivity contribution in [2.75, 3.05) is 0 Å². The molecule has 4 nitrogen and oxygen atoms in total. The topological polar surface area (TPSA) is 60.8 Å². The summed E-state index contributed by atoms with van der Waals surface area (Å²) in [5.74, 6) is -0.117. The highest BCUT2D eigenvalue weighted by Crippen LogP contribution is 2.38. The average molecular weight is 317 g/mol. The van der Waals surface area contributed by atoms with Gasteiger partial charge in [-0.2, -0.15) is 0 Å². The Morgan fingerprint density at radius 2 is 1.91 bits per heavy atom. The first-order valence-electron chi connectivity index (χ1n) is 8.17.